The van der Waals surface area contributed by atoms with E-state index in [0.717, 1.165) is 5.69 Å². The van der Waals surface area contributed by atoms with Gasteiger partial charge in [0.05, 0.1) is 24.2 Å². The highest BCUT2D eigenvalue weighted by Crippen LogP contribution is 2.25. The quantitative estimate of drug-likeness (QED) is 0.700. The normalized spacial score (nSPS) is 10.3. The van der Waals surface area contributed by atoms with Gasteiger partial charge in [-0.15, -0.1) is 0 Å². The molecule has 3 aromatic rings. The lowest BCUT2D eigenvalue weighted by Crippen LogP contribution is -2.10. The van der Waals surface area contributed by atoms with E-state index in [0.29, 0.717) is 22.7 Å². The number of rotatable bonds is 5. The second kappa shape index (κ2) is 7.62. The van der Waals surface area contributed by atoms with Crippen molar-refractivity contribution in [3.05, 3.63) is 71.0 Å². The average molecular weight is 363 g/mol. The van der Waals surface area contributed by atoms with Crippen LogP contribution in [0, 0.1) is 18.3 Å². The third-order valence-corrected chi connectivity index (χ3v) is 4.03. The van der Waals surface area contributed by atoms with E-state index in [2.05, 4.69) is 11.2 Å². The van der Waals surface area contributed by atoms with Crippen LogP contribution in [-0.4, -0.2) is 28.0 Å². The number of carbonyl (C=O) groups is 1. The molecule has 0 aliphatic carbocycles. The topological polar surface area (TPSA) is 97.4 Å². The number of nitrogens with zero attached hydrogens (tertiary/aromatic N) is 3. The molecule has 0 fully saturated rings. The van der Waals surface area contributed by atoms with Crippen LogP contribution in [0.4, 0.5) is 0 Å². The molecular weight excluding hydrogens is 346 g/mol. The maximum Gasteiger partial charge on any atom is 0.342 e. The van der Waals surface area contributed by atoms with E-state index in [-0.39, 0.29) is 17.9 Å². The summed E-state index contributed by atoms with van der Waals surface area (Å²) in [5, 5.41) is 23.7. The Morgan fingerprint density at radius 2 is 2.00 bits per heavy atom. The summed E-state index contributed by atoms with van der Waals surface area (Å²) in [6, 6.07) is 15.6. The number of aromatic hydroxyl groups is 1. The summed E-state index contributed by atoms with van der Waals surface area (Å²) in [6.07, 6.45) is 0. The predicted molar refractivity (Wildman–Crippen MR) is 96.8 cm³/mol. The second-order valence-corrected chi connectivity index (χ2v) is 5.73. The molecule has 7 heteroatoms. The Hall–Kier alpha value is -3.79. The van der Waals surface area contributed by atoms with Crippen molar-refractivity contribution < 1.29 is 19.4 Å². The number of methoxy groups -OCH3 is 1. The summed E-state index contributed by atoms with van der Waals surface area (Å²) in [5.74, 6) is -0.523. The van der Waals surface area contributed by atoms with Crippen LogP contribution in [0.2, 0.25) is 0 Å². The van der Waals surface area contributed by atoms with Gasteiger partial charge in [-0.05, 0) is 37.3 Å². The number of hydrogen-bond acceptors (Lipinski definition) is 6. The highest BCUT2D eigenvalue weighted by molar-refractivity contribution is 5.92. The van der Waals surface area contributed by atoms with Gasteiger partial charge in [-0.25, -0.2) is 9.48 Å². The number of nitriles is 1. The van der Waals surface area contributed by atoms with Crippen LogP contribution in [0.1, 0.15) is 27.3 Å². The number of aromatic nitrogens is 2. The maximum absolute atomic E-state index is 12.4. The first-order valence-electron chi connectivity index (χ1n) is 8.13. The molecule has 3 rings (SSSR count). The number of carbonyl (C=O) groups excluding carboxylic acids is 1. The fraction of sp³-hybridized carbons (Fsp3) is 0.150. The number of benzene rings is 2. The number of ether oxygens (including phenoxy) is 2. The van der Waals surface area contributed by atoms with Crippen LogP contribution in [-0.2, 0) is 11.3 Å². The molecule has 0 aliphatic heterocycles. The number of hydrogen-bond donors (Lipinski definition) is 1. The van der Waals surface area contributed by atoms with Crippen LogP contribution in [0.3, 0.4) is 0 Å². The molecule has 1 aromatic heterocycles. The molecule has 0 radical (unpaired) electrons. The Kier molecular flexibility index (Phi) is 5.08. The van der Waals surface area contributed by atoms with Crippen molar-refractivity contribution in [2.45, 2.75) is 13.5 Å². The van der Waals surface area contributed by atoms with Crippen molar-refractivity contribution in [1.29, 1.82) is 5.26 Å². The summed E-state index contributed by atoms with van der Waals surface area (Å²) in [6.45, 7) is 1.55. The summed E-state index contributed by atoms with van der Waals surface area (Å²) < 4.78 is 12.0. The molecule has 7 nitrogen and oxygen atoms in total. The smallest absolute Gasteiger partial charge is 0.342 e. The number of esters is 1. The van der Waals surface area contributed by atoms with Crippen molar-refractivity contribution in [3.63, 3.8) is 0 Å². The molecular formula is C20H17N3O4. The maximum atomic E-state index is 12.4. The van der Waals surface area contributed by atoms with E-state index in [9.17, 15) is 15.2 Å². The summed E-state index contributed by atoms with van der Waals surface area (Å²) in [7, 11) is 1.46. The zero-order chi connectivity index (χ0) is 19.4. The van der Waals surface area contributed by atoms with Crippen molar-refractivity contribution in [2.24, 2.45) is 0 Å². The minimum Gasteiger partial charge on any atom is -0.507 e. The Morgan fingerprint density at radius 1 is 1.26 bits per heavy atom. The third kappa shape index (κ3) is 3.60. The first-order valence-corrected chi connectivity index (χ1v) is 8.13. The minimum absolute atomic E-state index is 0.0182. The van der Waals surface area contributed by atoms with Gasteiger partial charge in [0.25, 0.3) is 0 Å². The van der Waals surface area contributed by atoms with E-state index in [4.69, 9.17) is 9.47 Å². The highest BCUT2D eigenvalue weighted by atomic mass is 16.5. The predicted octanol–water partition coefficient (Wildman–Crippen LogP) is 3.12. The number of para-hydroxylation sites is 1. The molecule has 0 saturated carbocycles. The van der Waals surface area contributed by atoms with Crippen LogP contribution in [0.15, 0.2) is 48.5 Å². The Labute approximate surface area is 156 Å². The molecule has 136 valence electrons. The van der Waals surface area contributed by atoms with Crippen LogP contribution in [0.5, 0.6) is 11.5 Å². The Bertz CT molecular complexity index is 1020. The van der Waals surface area contributed by atoms with E-state index >= 15 is 0 Å². The lowest BCUT2D eigenvalue weighted by molar-refractivity contribution is 0.0461. The fourth-order valence-corrected chi connectivity index (χ4v) is 2.65. The van der Waals surface area contributed by atoms with Gasteiger partial charge in [0.2, 0.25) is 0 Å². The van der Waals surface area contributed by atoms with Crippen molar-refractivity contribution >= 4 is 5.97 Å². The molecule has 2 aromatic carbocycles. The van der Waals surface area contributed by atoms with E-state index in [1.54, 1.807) is 11.6 Å². The van der Waals surface area contributed by atoms with Gasteiger partial charge in [0.15, 0.2) is 0 Å². The monoisotopic (exact) mass is 363 g/mol. The second-order valence-electron chi connectivity index (χ2n) is 5.73. The molecule has 1 heterocycles. The molecule has 0 atom stereocenters. The Morgan fingerprint density at radius 3 is 2.67 bits per heavy atom. The van der Waals surface area contributed by atoms with Crippen molar-refractivity contribution in [2.75, 3.05) is 7.11 Å². The van der Waals surface area contributed by atoms with Crippen molar-refractivity contribution in [1.82, 2.24) is 9.78 Å². The largest absolute Gasteiger partial charge is 0.507 e. The van der Waals surface area contributed by atoms with Gasteiger partial charge in [-0.1, -0.05) is 18.2 Å². The summed E-state index contributed by atoms with van der Waals surface area (Å²) in [4.78, 5) is 12.4. The van der Waals surface area contributed by atoms with Gasteiger partial charge in [0, 0.05) is 0 Å². The van der Waals surface area contributed by atoms with E-state index in [1.165, 1.54) is 25.3 Å². The summed E-state index contributed by atoms with van der Waals surface area (Å²) >= 11 is 0. The lowest BCUT2D eigenvalue weighted by atomic mass is 10.2. The fourth-order valence-electron chi connectivity index (χ4n) is 2.65. The van der Waals surface area contributed by atoms with Crippen LogP contribution in [0.25, 0.3) is 5.69 Å². The first kappa shape index (κ1) is 18.0. The van der Waals surface area contributed by atoms with Crippen LogP contribution >= 0.6 is 0 Å². The molecule has 0 saturated heterocycles. The zero-order valence-corrected chi connectivity index (χ0v) is 14.8. The highest BCUT2D eigenvalue weighted by Gasteiger charge is 2.20. The molecule has 0 aliphatic rings. The molecule has 27 heavy (non-hydrogen) atoms. The molecule has 1 N–H and O–H groups in total. The van der Waals surface area contributed by atoms with Gasteiger partial charge in [0.1, 0.15) is 35.3 Å². The van der Waals surface area contributed by atoms with Gasteiger partial charge in [-0.2, -0.15) is 10.4 Å². The standard InChI is InChI=1S/C20H17N3O4/c1-13-17(11-21)18(23(22-13)14-6-4-3-5-7-14)12-27-20(25)16-10-15(26-2)8-9-19(16)24/h3-10,24H,12H2,1-2H3. The van der Waals surface area contributed by atoms with Gasteiger partial charge in [-0.3, -0.25) is 0 Å². The van der Waals surface area contributed by atoms with E-state index in [1.807, 2.05) is 30.3 Å². The average Bonchev–Trinajstić information content (AvgIpc) is 3.02. The van der Waals surface area contributed by atoms with Gasteiger partial charge < -0.3 is 14.6 Å². The molecule has 0 bridgehead atoms. The summed E-state index contributed by atoms with van der Waals surface area (Å²) in [5.41, 5.74) is 2.07. The zero-order valence-electron chi connectivity index (χ0n) is 14.8. The lowest BCUT2D eigenvalue weighted by Gasteiger charge is -2.10. The molecule has 0 spiro atoms. The number of phenols is 1. The van der Waals surface area contributed by atoms with Gasteiger partial charge >= 0.3 is 5.97 Å². The third-order valence-electron chi connectivity index (χ3n) is 4.03. The molecule has 0 unspecified atom stereocenters. The minimum atomic E-state index is -0.728. The van der Waals surface area contributed by atoms with Crippen LogP contribution < -0.4 is 4.74 Å². The van der Waals surface area contributed by atoms with E-state index < -0.39 is 5.97 Å². The first-order chi connectivity index (χ1) is 13.0. The van der Waals surface area contributed by atoms with Crippen molar-refractivity contribution in [3.8, 4) is 23.3 Å². The Balaban J connectivity index is 1.90. The SMILES string of the molecule is COc1ccc(O)c(C(=O)OCc2c(C#N)c(C)nn2-c2ccccc2)c1. The molecule has 0 amide bonds. The number of aryl methyl sites for hydroxylation is 1. The number of phenolic OH excluding ortho intramolecular Hbond substituents is 1.